The predicted molar refractivity (Wildman–Crippen MR) is 92.3 cm³/mol. The number of aromatic nitrogens is 4. The van der Waals surface area contributed by atoms with Crippen LogP contribution in [0.2, 0.25) is 0 Å². The first-order valence-electron chi connectivity index (χ1n) is 8.62. The summed E-state index contributed by atoms with van der Waals surface area (Å²) in [5.74, 6) is 1.68. The second-order valence-electron chi connectivity index (χ2n) is 6.27. The van der Waals surface area contributed by atoms with Gasteiger partial charge in [-0.05, 0) is 30.5 Å². The Morgan fingerprint density at radius 3 is 2.76 bits per heavy atom. The lowest BCUT2D eigenvalue weighted by molar-refractivity contribution is 0.487. The molecule has 0 saturated heterocycles. The number of benzene rings is 1. The summed E-state index contributed by atoms with van der Waals surface area (Å²) < 4.78 is 15.5. The van der Waals surface area contributed by atoms with Gasteiger partial charge in [0.15, 0.2) is 0 Å². The molecule has 0 bridgehead atoms. The molecule has 0 radical (unpaired) electrons. The molecule has 0 amide bonds. The predicted octanol–water partition coefficient (Wildman–Crippen LogP) is 3.03. The molecule has 5 nitrogen and oxygen atoms in total. The number of pyridine rings is 1. The van der Waals surface area contributed by atoms with Gasteiger partial charge in [0.2, 0.25) is 0 Å². The summed E-state index contributed by atoms with van der Waals surface area (Å²) in [4.78, 5) is 4.26. The molecule has 1 aliphatic heterocycles. The summed E-state index contributed by atoms with van der Waals surface area (Å²) >= 11 is 0. The summed E-state index contributed by atoms with van der Waals surface area (Å²) in [5.41, 5.74) is 1.87. The van der Waals surface area contributed by atoms with Crippen molar-refractivity contribution in [2.75, 3.05) is 0 Å². The maximum atomic E-state index is 13.2. The largest absolute Gasteiger partial charge is 0.314 e. The Hall–Kier alpha value is -2.60. The third-order valence-corrected chi connectivity index (χ3v) is 4.58. The smallest absolute Gasteiger partial charge is 0.147 e. The monoisotopic (exact) mass is 337 g/mol. The van der Waals surface area contributed by atoms with Gasteiger partial charge in [-0.2, -0.15) is 0 Å². The number of nitrogens with one attached hydrogen (secondary N) is 1. The summed E-state index contributed by atoms with van der Waals surface area (Å²) in [7, 11) is 0. The Morgan fingerprint density at radius 2 is 1.96 bits per heavy atom. The molecule has 1 aromatic carbocycles. The molecule has 1 atom stereocenters. The van der Waals surface area contributed by atoms with Gasteiger partial charge in [-0.15, -0.1) is 10.2 Å². The SMILES string of the molecule is Fc1ccc([C@H](NCc2nnc3n2CCCC3)c2ccccc2)nc1. The quantitative estimate of drug-likeness (QED) is 0.777. The fourth-order valence-corrected chi connectivity index (χ4v) is 3.29. The van der Waals surface area contributed by atoms with E-state index >= 15 is 0 Å². The van der Waals surface area contributed by atoms with Crippen molar-refractivity contribution in [3.63, 3.8) is 0 Å². The van der Waals surface area contributed by atoms with Crippen LogP contribution in [0.4, 0.5) is 4.39 Å². The van der Waals surface area contributed by atoms with Crippen molar-refractivity contribution >= 4 is 0 Å². The van der Waals surface area contributed by atoms with Gasteiger partial charge in [-0.1, -0.05) is 30.3 Å². The van der Waals surface area contributed by atoms with Crippen LogP contribution in [-0.2, 0) is 19.5 Å². The molecule has 25 heavy (non-hydrogen) atoms. The maximum absolute atomic E-state index is 13.2. The normalized spacial score (nSPS) is 14.9. The van der Waals surface area contributed by atoms with Crippen molar-refractivity contribution in [2.24, 2.45) is 0 Å². The molecule has 0 spiro atoms. The summed E-state index contributed by atoms with van der Waals surface area (Å²) in [6.07, 6.45) is 4.60. The Kier molecular flexibility index (Phi) is 4.52. The maximum Gasteiger partial charge on any atom is 0.147 e. The highest BCUT2D eigenvalue weighted by Gasteiger charge is 2.19. The number of aryl methyl sites for hydroxylation is 1. The van der Waals surface area contributed by atoms with Crippen LogP contribution >= 0.6 is 0 Å². The standard InChI is InChI=1S/C19H20FN5/c20-15-9-10-16(21-12-15)19(14-6-2-1-3-7-14)22-13-18-24-23-17-8-4-5-11-25(17)18/h1-3,6-7,9-10,12,19,22H,4-5,8,11,13H2/t19-/m1/s1. The second-order valence-corrected chi connectivity index (χ2v) is 6.27. The molecule has 1 aliphatic rings. The highest BCUT2D eigenvalue weighted by atomic mass is 19.1. The molecule has 0 aliphatic carbocycles. The number of hydrogen-bond acceptors (Lipinski definition) is 4. The van der Waals surface area contributed by atoms with E-state index in [1.165, 1.54) is 25.1 Å². The Balaban J connectivity index is 1.58. The number of halogens is 1. The van der Waals surface area contributed by atoms with Crippen LogP contribution in [0.5, 0.6) is 0 Å². The van der Waals surface area contributed by atoms with Crippen LogP contribution in [0.3, 0.4) is 0 Å². The highest BCUT2D eigenvalue weighted by molar-refractivity contribution is 5.27. The fraction of sp³-hybridized carbons (Fsp3) is 0.316. The fourth-order valence-electron chi connectivity index (χ4n) is 3.29. The molecule has 0 saturated carbocycles. The van der Waals surface area contributed by atoms with Crippen molar-refractivity contribution in [2.45, 2.75) is 38.4 Å². The second kappa shape index (κ2) is 7.11. The number of fused-ring (bicyclic) bond motifs is 1. The van der Waals surface area contributed by atoms with Crippen LogP contribution in [0, 0.1) is 5.82 Å². The average Bonchev–Trinajstić information content (AvgIpc) is 3.07. The number of rotatable bonds is 5. The first kappa shape index (κ1) is 15.9. The van der Waals surface area contributed by atoms with E-state index in [2.05, 4.69) is 25.1 Å². The highest BCUT2D eigenvalue weighted by Crippen LogP contribution is 2.21. The van der Waals surface area contributed by atoms with E-state index in [-0.39, 0.29) is 11.9 Å². The molecule has 1 N–H and O–H groups in total. The van der Waals surface area contributed by atoms with Crippen molar-refractivity contribution in [3.8, 4) is 0 Å². The summed E-state index contributed by atoms with van der Waals surface area (Å²) in [6.45, 7) is 1.57. The first-order chi connectivity index (χ1) is 12.3. The summed E-state index contributed by atoms with van der Waals surface area (Å²) in [6, 6.07) is 13.1. The third-order valence-electron chi connectivity index (χ3n) is 4.58. The average molecular weight is 337 g/mol. The van der Waals surface area contributed by atoms with E-state index in [1.54, 1.807) is 6.07 Å². The molecule has 3 heterocycles. The molecule has 128 valence electrons. The zero-order valence-electron chi connectivity index (χ0n) is 13.9. The van der Waals surface area contributed by atoms with Gasteiger partial charge in [0.1, 0.15) is 17.5 Å². The van der Waals surface area contributed by atoms with Crippen LogP contribution in [0.15, 0.2) is 48.7 Å². The van der Waals surface area contributed by atoms with Crippen molar-refractivity contribution in [1.82, 2.24) is 25.1 Å². The molecule has 3 aromatic rings. The molecular weight excluding hydrogens is 317 g/mol. The van der Waals surface area contributed by atoms with E-state index < -0.39 is 0 Å². The number of hydrogen-bond donors (Lipinski definition) is 1. The lowest BCUT2D eigenvalue weighted by Gasteiger charge is -2.20. The van der Waals surface area contributed by atoms with E-state index in [9.17, 15) is 4.39 Å². The molecule has 0 fully saturated rings. The molecule has 4 rings (SSSR count). The van der Waals surface area contributed by atoms with Crippen molar-refractivity contribution < 1.29 is 4.39 Å². The molecular formula is C19H20FN5. The van der Waals surface area contributed by atoms with Gasteiger partial charge >= 0.3 is 0 Å². The lowest BCUT2D eigenvalue weighted by Crippen LogP contribution is -2.25. The van der Waals surface area contributed by atoms with Gasteiger partial charge in [-0.3, -0.25) is 10.3 Å². The van der Waals surface area contributed by atoms with Crippen molar-refractivity contribution in [3.05, 3.63) is 77.4 Å². The topological polar surface area (TPSA) is 55.6 Å². The molecule has 0 unspecified atom stereocenters. The van der Waals surface area contributed by atoms with Gasteiger partial charge < -0.3 is 4.57 Å². The van der Waals surface area contributed by atoms with Crippen LogP contribution in [0.1, 0.15) is 41.8 Å². The van der Waals surface area contributed by atoms with Gasteiger partial charge in [0, 0.05) is 13.0 Å². The minimum absolute atomic E-state index is 0.127. The van der Waals surface area contributed by atoms with Gasteiger partial charge in [0.25, 0.3) is 0 Å². The molecule has 2 aromatic heterocycles. The lowest BCUT2D eigenvalue weighted by atomic mass is 10.0. The minimum Gasteiger partial charge on any atom is -0.314 e. The van der Waals surface area contributed by atoms with Gasteiger partial charge in [0.05, 0.1) is 24.5 Å². The van der Waals surface area contributed by atoms with E-state index in [4.69, 9.17) is 0 Å². The van der Waals surface area contributed by atoms with E-state index in [1.807, 2.05) is 30.3 Å². The Labute approximate surface area is 145 Å². The number of nitrogens with zero attached hydrogens (tertiary/aromatic N) is 4. The van der Waals surface area contributed by atoms with Gasteiger partial charge in [-0.25, -0.2) is 4.39 Å². The Morgan fingerprint density at radius 1 is 1.08 bits per heavy atom. The minimum atomic E-state index is -0.331. The van der Waals surface area contributed by atoms with E-state index in [0.717, 1.165) is 35.9 Å². The van der Waals surface area contributed by atoms with E-state index in [0.29, 0.717) is 6.54 Å². The Bertz CT molecular complexity index is 829. The zero-order valence-corrected chi connectivity index (χ0v) is 13.9. The van der Waals surface area contributed by atoms with Crippen LogP contribution in [-0.4, -0.2) is 19.7 Å². The third kappa shape index (κ3) is 3.44. The van der Waals surface area contributed by atoms with Crippen LogP contribution < -0.4 is 5.32 Å². The van der Waals surface area contributed by atoms with Crippen LogP contribution in [0.25, 0.3) is 0 Å². The zero-order chi connectivity index (χ0) is 17.1. The van der Waals surface area contributed by atoms with Crippen molar-refractivity contribution in [1.29, 1.82) is 0 Å². The summed E-state index contributed by atoms with van der Waals surface area (Å²) in [5, 5.41) is 12.2. The molecule has 6 heteroatoms. The first-order valence-corrected chi connectivity index (χ1v) is 8.62.